The summed E-state index contributed by atoms with van der Waals surface area (Å²) in [5, 5.41) is 13.9. The highest BCUT2D eigenvalue weighted by atomic mass is 16.3. The van der Waals surface area contributed by atoms with Gasteiger partial charge in [-0.2, -0.15) is 0 Å². The first kappa shape index (κ1) is 15.3. The molecule has 0 atom stereocenters. The highest BCUT2D eigenvalue weighted by molar-refractivity contribution is 6.40. The molecule has 1 heterocycles. The molecular formula is C18H20N2O3. The van der Waals surface area contributed by atoms with Gasteiger partial charge >= 0.3 is 11.8 Å². The summed E-state index contributed by atoms with van der Waals surface area (Å²) in [5.41, 5.74) is 0.530. The van der Waals surface area contributed by atoms with Crippen LogP contribution in [0.3, 0.4) is 0 Å². The lowest BCUT2D eigenvalue weighted by atomic mass is 9.99. The number of nitrogens with one attached hydrogen (secondary N) is 1. The third-order valence-corrected chi connectivity index (χ3v) is 4.41. The molecule has 23 heavy (non-hydrogen) atoms. The molecule has 2 aromatic rings. The zero-order valence-corrected chi connectivity index (χ0v) is 13.1. The quantitative estimate of drug-likeness (QED) is 0.796. The molecule has 1 aliphatic heterocycles. The fourth-order valence-electron chi connectivity index (χ4n) is 2.93. The van der Waals surface area contributed by atoms with Crippen molar-refractivity contribution in [2.45, 2.75) is 19.8 Å². The molecule has 1 saturated heterocycles. The summed E-state index contributed by atoms with van der Waals surface area (Å²) in [6.07, 6.45) is 1.86. The van der Waals surface area contributed by atoms with Crippen LogP contribution in [0, 0.1) is 5.92 Å². The molecule has 0 aliphatic carbocycles. The normalized spacial score (nSPS) is 15.6. The summed E-state index contributed by atoms with van der Waals surface area (Å²) in [6, 6.07) is 10.3. The number of anilines is 1. The van der Waals surface area contributed by atoms with Gasteiger partial charge in [-0.3, -0.25) is 9.59 Å². The van der Waals surface area contributed by atoms with Gasteiger partial charge in [0.25, 0.3) is 0 Å². The molecule has 0 bridgehead atoms. The van der Waals surface area contributed by atoms with Gasteiger partial charge in [-0.25, -0.2) is 0 Å². The Morgan fingerprint density at radius 1 is 1.09 bits per heavy atom. The van der Waals surface area contributed by atoms with E-state index in [4.69, 9.17) is 0 Å². The van der Waals surface area contributed by atoms with Gasteiger partial charge in [-0.1, -0.05) is 31.2 Å². The number of piperidine rings is 1. The maximum absolute atomic E-state index is 12.3. The van der Waals surface area contributed by atoms with Crippen molar-refractivity contribution in [1.82, 2.24) is 4.90 Å². The van der Waals surface area contributed by atoms with E-state index in [0.29, 0.717) is 35.5 Å². The minimum Gasteiger partial charge on any atom is -0.507 e. The van der Waals surface area contributed by atoms with Crippen molar-refractivity contribution in [3.63, 3.8) is 0 Å². The standard InChI is InChI=1S/C18H20N2O3/c1-12-8-10-20(11-9-12)18(23)17(22)19-15-6-2-5-14-13(15)4-3-7-16(14)21/h2-7,12,21H,8-11H2,1H3,(H,19,22). The Balaban J connectivity index is 1.78. The molecule has 2 amide bonds. The van der Waals surface area contributed by atoms with Crippen LogP contribution >= 0.6 is 0 Å². The van der Waals surface area contributed by atoms with Gasteiger partial charge in [0.15, 0.2) is 0 Å². The van der Waals surface area contributed by atoms with Crippen LogP contribution in [-0.2, 0) is 9.59 Å². The summed E-state index contributed by atoms with van der Waals surface area (Å²) < 4.78 is 0. The smallest absolute Gasteiger partial charge is 0.313 e. The van der Waals surface area contributed by atoms with E-state index in [1.807, 2.05) is 0 Å². The second kappa shape index (κ2) is 6.28. The highest BCUT2D eigenvalue weighted by Gasteiger charge is 2.25. The van der Waals surface area contributed by atoms with Crippen molar-refractivity contribution in [3.8, 4) is 5.75 Å². The van der Waals surface area contributed by atoms with Crippen molar-refractivity contribution in [1.29, 1.82) is 0 Å². The van der Waals surface area contributed by atoms with Crippen molar-refractivity contribution >= 4 is 28.3 Å². The van der Waals surface area contributed by atoms with Crippen LogP contribution in [0.5, 0.6) is 5.75 Å². The zero-order chi connectivity index (χ0) is 16.4. The Morgan fingerprint density at radius 3 is 2.48 bits per heavy atom. The molecule has 1 aliphatic rings. The molecule has 0 unspecified atom stereocenters. The molecule has 120 valence electrons. The van der Waals surface area contributed by atoms with Crippen molar-refractivity contribution < 1.29 is 14.7 Å². The van der Waals surface area contributed by atoms with E-state index in [-0.39, 0.29) is 5.75 Å². The molecule has 2 N–H and O–H groups in total. The summed E-state index contributed by atoms with van der Waals surface area (Å²) in [4.78, 5) is 26.1. The molecule has 5 nitrogen and oxygen atoms in total. The molecule has 0 radical (unpaired) electrons. The van der Waals surface area contributed by atoms with Crippen molar-refractivity contribution in [2.24, 2.45) is 5.92 Å². The molecule has 0 saturated carbocycles. The predicted octanol–water partition coefficient (Wildman–Crippen LogP) is 2.74. The lowest BCUT2D eigenvalue weighted by Gasteiger charge is -2.29. The van der Waals surface area contributed by atoms with Crippen LogP contribution in [-0.4, -0.2) is 34.9 Å². The Labute approximate surface area is 134 Å². The number of aromatic hydroxyl groups is 1. The minimum atomic E-state index is -0.629. The number of hydrogen-bond donors (Lipinski definition) is 2. The van der Waals surface area contributed by atoms with Gasteiger partial charge in [0, 0.05) is 29.5 Å². The second-order valence-electron chi connectivity index (χ2n) is 6.11. The molecule has 5 heteroatoms. The van der Waals surface area contributed by atoms with Crippen LogP contribution in [0.1, 0.15) is 19.8 Å². The Kier molecular flexibility index (Phi) is 4.19. The molecule has 1 fully saturated rings. The Morgan fingerprint density at radius 2 is 1.74 bits per heavy atom. The van der Waals surface area contributed by atoms with Gasteiger partial charge < -0.3 is 15.3 Å². The molecule has 0 spiro atoms. The van der Waals surface area contributed by atoms with Crippen LogP contribution in [0.4, 0.5) is 5.69 Å². The predicted molar refractivity (Wildman–Crippen MR) is 89.2 cm³/mol. The van der Waals surface area contributed by atoms with E-state index < -0.39 is 11.8 Å². The van der Waals surface area contributed by atoms with E-state index in [9.17, 15) is 14.7 Å². The fourth-order valence-corrected chi connectivity index (χ4v) is 2.93. The maximum Gasteiger partial charge on any atom is 0.313 e. The third-order valence-electron chi connectivity index (χ3n) is 4.41. The summed E-state index contributed by atoms with van der Waals surface area (Å²) in [5.74, 6) is -0.373. The van der Waals surface area contributed by atoms with Crippen molar-refractivity contribution in [3.05, 3.63) is 36.4 Å². The first-order valence-corrected chi connectivity index (χ1v) is 7.87. The number of fused-ring (bicyclic) bond motifs is 1. The second-order valence-corrected chi connectivity index (χ2v) is 6.11. The number of hydrogen-bond acceptors (Lipinski definition) is 3. The maximum atomic E-state index is 12.3. The number of carbonyl (C=O) groups excluding carboxylic acids is 2. The summed E-state index contributed by atoms with van der Waals surface area (Å²) in [7, 11) is 0. The number of amides is 2. The summed E-state index contributed by atoms with van der Waals surface area (Å²) >= 11 is 0. The first-order chi connectivity index (χ1) is 11.1. The Bertz CT molecular complexity index is 749. The lowest BCUT2D eigenvalue weighted by Crippen LogP contribution is -2.43. The SMILES string of the molecule is CC1CCN(C(=O)C(=O)Nc2cccc3c(O)cccc23)CC1. The van der Waals surface area contributed by atoms with E-state index >= 15 is 0 Å². The molecule has 3 rings (SSSR count). The zero-order valence-electron chi connectivity index (χ0n) is 13.1. The van der Waals surface area contributed by atoms with E-state index in [2.05, 4.69) is 12.2 Å². The topological polar surface area (TPSA) is 69.6 Å². The van der Waals surface area contributed by atoms with Crippen LogP contribution < -0.4 is 5.32 Å². The number of phenols is 1. The van der Waals surface area contributed by atoms with Crippen LogP contribution in [0.15, 0.2) is 36.4 Å². The monoisotopic (exact) mass is 312 g/mol. The number of carbonyl (C=O) groups is 2. The van der Waals surface area contributed by atoms with Crippen LogP contribution in [0.2, 0.25) is 0 Å². The van der Waals surface area contributed by atoms with Gasteiger partial charge in [0.2, 0.25) is 0 Å². The minimum absolute atomic E-state index is 0.148. The number of nitrogens with zero attached hydrogens (tertiary/aromatic N) is 1. The lowest BCUT2D eigenvalue weighted by molar-refractivity contribution is -0.144. The van der Waals surface area contributed by atoms with E-state index in [1.54, 1.807) is 41.3 Å². The van der Waals surface area contributed by atoms with Gasteiger partial charge in [0.05, 0.1) is 0 Å². The average Bonchev–Trinajstić information content (AvgIpc) is 2.56. The number of benzene rings is 2. The van der Waals surface area contributed by atoms with E-state index in [0.717, 1.165) is 12.8 Å². The average molecular weight is 312 g/mol. The van der Waals surface area contributed by atoms with Gasteiger partial charge in [-0.15, -0.1) is 0 Å². The van der Waals surface area contributed by atoms with Gasteiger partial charge in [0.1, 0.15) is 5.75 Å². The highest BCUT2D eigenvalue weighted by Crippen LogP contribution is 2.29. The number of likely N-dealkylation sites (tertiary alicyclic amines) is 1. The fraction of sp³-hybridized carbons (Fsp3) is 0.333. The number of phenolic OH excluding ortho intramolecular Hbond substituents is 1. The summed E-state index contributed by atoms with van der Waals surface area (Å²) in [6.45, 7) is 3.41. The van der Waals surface area contributed by atoms with Crippen LogP contribution in [0.25, 0.3) is 10.8 Å². The molecular weight excluding hydrogens is 292 g/mol. The van der Waals surface area contributed by atoms with E-state index in [1.165, 1.54) is 0 Å². The first-order valence-electron chi connectivity index (χ1n) is 7.87. The largest absolute Gasteiger partial charge is 0.507 e. The van der Waals surface area contributed by atoms with Gasteiger partial charge in [-0.05, 0) is 30.9 Å². The number of rotatable bonds is 1. The molecule has 2 aromatic carbocycles. The van der Waals surface area contributed by atoms with Crippen molar-refractivity contribution in [2.75, 3.05) is 18.4 Å². The third kappa shape index (κ3) is 3.13. The molecule has 0 aromatic heterocycles. The Hall–Kier alpha value is -2.56.